The van der Waals surface area contributed by atoms with E-state index in [4.69, 9.17) is 0 Å². The number of hydrogen-bond acceptors (Lipinski definition) is 4. The second-order valence-electron chi connectivity index (χ2n) is 5.89. The number of halogens is 3. The van der Waals surface area contributed by atoms with Crippen LogP contribution in [-0.4, -0.2) is 48.3 Å². The van der Waals surface area contributed by atoms with Crippen molar-refractivity contribution >= 4 is 11.9 Å². The number of ether oxygens (including phenoxy) is 1. The fraction of sp³-hybridized carbons (Fsp3) is 0.500. The van der Waals surface area contributed by atoms with E-state index in [0.29, 0.717) is 18.5 Å². The zero-order valence-electron chi connectivity index (χ0n) is 13.0. The van der Waals surface area contributed by atoms with Crippen LogP contribution in [-0.2, 0) is 22.4 Å². The molecule has 1 aromatic carbocycles. The van der Waals surface area contributed by atoms with E-state index < -0.39 is 24.4 Å². The molecular weight excluding hydrogens is 325 g/mol. The molecule has 0 bridgehead atoms. The lowest BCUT2D eigenvalue weighted by molar-refractivity contribution is -0.210. The SMILES string of the molecule is CCc1ccc2c(c1)C(=O)N1CCNC(OC(=O)C(F)(F)F)C1C2. The van der Waals surface area contributed by atoms with Gasteiger partial charge in [0, 0.05) is 18.7 Å². The molecule has 2 unspecified atom stereocenters. The van der Waals surface area contributed by atoms with E-state index in [-0.39, 0.29) is 12.5 Å². The molecule has 8 heteroatoms. The topological polar surface area (TPSA) is 58.6 Å². The number of nitrogens with zero attached hydrogens (tertiary/aromatic N) is 1. The molecule has 0 saturated carbocycles. The summed E-state index contributed by atoms with van der Waals surface area (Å²) in [6.07, 6.45) is -5.10. The summed E-state index contributed by atoms with van der Waals surface area (Å²) < 4.78 is 41.9. The van der Waals surface area contributed by atoms with Crippen molar-refractivity contribution in [2.45, 2.75) is 38.2 Å². The molecule has 2 aliphatic heterocycles. The van der Waals surface area contributed by atoms with E-state index in [1.807, 2.05) is 25.1 Å². The summed E-state index contributed by atoms with van der Waals surface area (Å²) in [5.41, 5.74) is 2.36. The van der Waals surface area contributed by atoms with Gasteiger partial charge >= 0.3 is 12.1 Å². The minimum atomic E-state index is -5.06. The molecule has 0 aromatic heterocycles. The number of rotatable bonds is 2. The smallest absolute Gasteiger partial charge is 0.438 e. The van der Waals surface area contributed by atoms with Gasteiger partial charge in [0.25, 0.3) is 5.91 Å². The van der Waals surface area contributed by atoms with E-state index in [0.717, 1.165) is 17.5 Å². The Morgan fingerprint density at radius 3 is 2.83 bits per heavy atom. The lowest BCUT2D eigenvalue weighted by atomic mass is 9.89. The highest BCUT2D eigenvalue weighted by atomic mass is 19.4. The van der Waals surface area contributed by atoms with Crippen LogP contribution < -0.4 is 5.32 Å². The number of alkyl halides is 3. The Labute approximate surface area is 136 Å². The average molecular weight is 342 g/mol. The molecule has 2 heterocycles. The number of benzene rings is 1. The molecule has 2 atom stereocenters. The second kappa shape index (κ2) is 6.08. The van der Waals surface area contributed by atoms with Crippen molar-refractivity contribution in [2.75, 3.05) is 13.1 Å². The maximum Gasteiger partial charge on any atom is 0.490 e. The van der Waals surface area contributed by atoms with Gasteiger partial charge < -0.3 is 9.64 Å². The minimum Gasteiger partial charge on any atom is -0.438 e. The summed E-state index contributed by atoms with van der Waals surface area (Å²) in [6.45, 7) is 2.61. The first kappa shape index (κ1) is 16.8. The number of carbonyl (C=O) groups excluding carboxylic acids is 2. The molecule has 2 aliphatic rings. The first-order chi connectivity index (χ1) is 11.3. The quantitative estimate of drug-likeness (QED) is 0.831. The van der Waals surface area contributed by atoms with Crippen molar-refractivity contribution in [1.29, 1.82) is 0 Å². The highest BCUT2D eigenvalue weighted by Gasteiger charge is 2.46. The first-order valence-corrected chi connectivity index (χ1v) is 7.75. The van der Waals surface area contributed by atoms with E-state index in [2.05, 4.69) is 10.1 Å². The molecule has 3 rings (SSSR count). The Hall–Kier alpha value is -2.09. The first-order valence-electron chi connectivity index (χ1n) is 7.75. The molecule has 1 aromatic rings. The molecule has 5 nitrogen and oxygen atoms in total. The van der Waals surface area contributed by atoms with Gasteiger partial charge in [0.15, 0.2) is 6.23 Å². The zero-order chi connectivity index (χ0) is 17.5. The van der Waals surface area contributed by atoms with Crippen molar-refractivity contribution in [3.63, 3.8) is 0 Å². The Kier molecular flexibility index (Phi) is 4.25. The highest BCUT2D eigenvalue weighted by Crippen LogP contribution is 2.29. The van der Waals surface area contributed by atoms with E-state index >= 15 is 0 Å². The molecule has 0 spiro atoms. The van der Waals surface area contributed by atoms with Gasteiger partial charge in [0.05, 0.1) is 6.04 Å². The van der Waals surface area contributed by atoms with Gasteiger partial charge in [0.2, 0.25) is 0 Å². The normalized spacial score (nSPS) is 23.5. The average Bonchev–Trinajstić information content (AvgIpc) is 2.54. The lowest BCUT2D eigenvalue weighted by Gasteiger charge is -2.44. The monoisotopic (exact) mass is 342 g/mol. The number of esters is 1. The van der Waals surface area contributed by atoms with E-state index in [9.17, 15) is 22.8 Å². The second-order valence-corrected chi connectivity index (χ2v) is 5.89. The summed E-state index contributed by atoms with van der Waals surface area (Å²) in [5.74, 6) is -2.48. The number of hydrogen-bond donors (Lipinski definition) is 1. The van der Waals surface area contributed by atoms with Crippen LogP contribution in [0.2, 0.25) is 0 Å². The van der Waals surface area contributed by atoms with Gasteiger partial charge in [-0.05, 0) is 30.0 Å². The molecule has 130 valence electrons. The van der Waals surface area contributed by atoms with Gasteiger partial charge in [-0.1, -0.05) is 19.1 Å². The van der Waals surface area contributed by atoms with Gasteiger partial charge in [-0.3, -0.25) is 10.1 Å². The molecule has 0 radical (unpaired) electrons. The summed E-state index contributed by atoms with van der Waals surface area (Å²) in [7, 11) is 0. The van der Waals surface area contributed by atoms with Crippen LogP contribution in [0.1, 0.15) is 28.4 Å². The zero-order valence-corrected chi connectivity index (χ0v) is 13.0. The number of piperazine rings is 1. The Bertz CT molecular complexity index is 675. The largest absolute Gasteiger partial charge is 0.490 e. The van der Waals surface area contributed by atoms with Gasteiger partial charge in [-0.15, -0.1) is 0 Å². The number of aryl methyl sites for hydroxylation is 1. The summed E-state index contributed by atoms with van der Waals surface area (Å²) >= 11 is 0. The van der Waals surface area contributed by atoms with Crippen LogP contribution >= 0.6 is 0 Å². The predicted octanol–water partition coefficient (Wildman–Crippen LogP) is 1.65. The third-order valence-corrected chi connectivity index (χ3v) is 4.42. The standard InChI is InChI=1S/C16H17F3N2O3/c1-2-9-3-4-10-8-12-13(24-15(23)16(17,18)19)20-5-6-21(12)14(22)11(10)7-9/h3-4,7,12-13,20H,2,5-6,8H2,1H3. The molecule has 1 amide bonds. The summed E-state index contributed by atoms with van der Waals surface area (Å²) in [6, 6.07) is 4.90. The maximum absolute atomic E-state index is 12.7. The third-order valence-electron chi connectivity index (χ3n) is 4.42. The summed E-state index contributed by atoms with van der Waals surface area (Å²) in [5, 5.41) is 2.76. The van der Waals surface area contributed by atoms with Crippen molar-refractivity contribution < 1.29 is 27.5 Å². The molecule has 1 fully saturated rings. The number of amides is 1. The van der Waals surface area contributed by atoms with Gasteiger partial charge in [-0.2, -0.15) is 13.2 Å². The molecule has 0 aliphatic carbocycles. The molecular formula is C16H17F3N2O3. The number of carbonyl (C=O) groups is 2. The molecule has 1 N–H and O–H groups in total. The van der Waals surface area contributed by atoms with Crippen LogP contribution in [0.3, 0.4) is 0 Å². The van der Waals surface area contributed by atoms with Crippen LogP contribution in [0.15, 0.2) is 18.2 Å². The number of nitrogens with one attached hydrogen (secondary N) is 1. The predicted molar refractivity (Wildman–Crippen MR) is 78.3 cm³/mol. The lowest BCUT2D eigenvalue weighted by Crippen LogP contribution is -2.63. The van der Waals surface area contributed by atoms with Crippen molar-refractivity contribution in [1.82, 2.24) is 10.2 Å². The third kappa shape index (κ3) is 2.98. The minimum absolute atomic E-state index is 0.230. The van der Waals surface area contributed by atoms with Crippen LogP contribution in [0.25, 0.3) is 0 Å². The Balaban J connectivity index is 1.86. The van der Waals surface area contributed by atoms with Gasteiger partial charge in [0.1, 0.15) is 0 Å². The maximum atomic E-state index is 12.7. The van der Waals surface area contributed by atoms with Crippen molar-refractivity contribution in [3.8, 4) is 0 Å². The fourth-order valence-corrected chi connectivity index (χ4v) is 3.16. The molecule has 24 heavy (non-hydrogen) atoms. The van der Waals surface area contributed by atoms with Crippen LogP contribution in [0.4, 0.5) is 13.2 Å². The van der Waals surface area contributed by atoms with Crippen LogP contribution in [0.5, 0.6) is 0 Å². The Morgan fingerprint density at radius 2 is 2.17 bits per heavy atom. The Morgan fingerprint density at radius 1 is 1.42 bits per heavy atom. The highest BCUT2D eigenvalue weighted by molar-refractivity contribution is 5.97. The van der Waals surface area contributed by atoms with Gasteiger partial charge in [-0.25, -0.2) is 4.79 Å². The number of fused-ring (bicyclic) bond motifs is 2. The van der Waals surface area contributed by atoms with Crippen LogP contribution in [0, 0.1) is 0 Å². The van der Waals surface area contributed by atoms with Crippen molar-refractivity contribution in [2.24, 2.45) is 0 Å². The molecule has 1 saturated heterocycles. The van der Waals surface area contributed by atoms with E-state index in [1.54, 1.807) is 0 Å². The van der Waals surface area contributed by atoms with E-state index in [1.165, 1.54) is 4.90 Å². The summed E-state index contributed by atoms with van der Waals surface area (Å²) in [4.78, 5) is 25.3. The van der Waals surface area contributed by atoms with Crippen molar-refractivity contribution in [3.05, 3.63) is 34.9 Å². The fourth-order valence-electron chi connectivity index (χ4n) is 3.16.